The number of esters is 1. The van der Waals surface area contributed by atoms with Crippen molar-refractivity contribution in [1.29, 1.82) is 0 Å². The third-order valence-corrected chi connectivity index (χ3v) is 8.20. The second kappa shape index (κ2) is 13.2. The normalized spacial score (nSPS) is 14.8. The van der Waals surface area contributed by atoms with Crippen LogP contribution in [-0.4, -0.2) is 44.6 Å². The van der Waals surface area contributed by atoms with E-state index in [-0.39, 0.29) is 24.3 Å². The van der Waals surface area contributed by atoms with Gasteiger partial charge >= 0.3 is 5.97 Å². The Morgan fingerprint density at radius 2 is 1.95 bits per heavy atom. The molecule has 2 aromatic heterocycles. The monoisotopic (exact) mass is 642 g/mol. The van der Waals surface area contributed by atoms with Gasteiger partial charge in [-0.1, -0.05) is 46.7 Å². The van der Waals surface area contributed by atoms with E-state index in [9.17, 15) is 9.59 Å². The number of methoxy groups -OCH3 is 2. The van der Waals surface area contributed by atoms with Crippen molar-refractivity contribution in [3.8, 4) is 22.8 Å². The molecular formula is C31H28Cl2N2O7S. The summed E-state index contributed by atoms with van der Waals surface area (Å²) in [5, 5.41) is 0.952. The Labute approximate surface area is 261 Å². The molecule has 0 unspecified atom stereocenters. The largest absolute Gasteiger partial charge is 0.493 e. The molecular weight excluding hydrogens is 615 g/mol. The number of benzene rings is 2. The predicted octanol–water partition coefficient (Wildman–Crippen LogP) is 5.40. The van der Waals surface area contributed by atoms with Crippen LogP contribution in [0.2, 0.25) is 10.0 Å². The van der Waals surface area contributed by atoms with Crippen LogP contribution in [0.3, 0.4) is 0 Å². The Hall–Kier alpha value is -3.83. The van der Waals surface area contributed by atoms with Gasteiger partial charge in [-0.2, -0.15) is 0 Å². The van der Waals surface area contributed by atoms with Crippen LogP contribution in [0.1, 0.15) is 31.2 Å². The molecule has 1 aliphatic heterocycles. The highest BCUT2D eigenvalue weighted by Gasteiger charge is 2.36. The molecule has 224 valence electrons. The SMILES string of the molecule is CCOc1c(OC)cccc1[C@H]1C(C(=O)OCCOC)=C(C)N=c2s/c(=C/c3ccc(-c4ccc(Cl)cc4Cl)o3)c(=O)n21. The first-order chi connectivity index (χ1) is 20.8. The maximum absolute atomic E-state index is 14.1. The number of nitrogens with zero attached hydrogens (tertiary/aromatic N) is 2. The van der Waals surface area contributed by atoms with Crippen LogP contribution in [0.25, 0.3) is 17.4 Å². The Kier molecular flexibility index (Phi) is 9.41. The Morgan fingerprint density at radius 3 is 2.67 bits per heavy atom. The van der Waals surface area contributed by atoms with E-state index in [4.69, 9.17) is 46.6 Å². The van der Waals surface area contributed by atoms with Crippen molar-refractivity contribution >= 4 is 46.6 Å². The van der Waals surface area contributed by atoms with Gasteiger partial charge in [0, 0.05) is 29.3 Å². The highest BCUT2D eigenvalue weighted by Crippen LogP contribution is 2.41. The number of aromatic nitrogens is 1. The molecule has 1 atom stereocenters. The van der Waals surface area contributed by atoms with Crippen LogP contribution in [-0.2, 0) is 14.3 Å². The number of hydrogen-bond donors (Lipinski definition) is 0. The predicted molar refractivity (Wildman–Crippen MR) is 165 cm³/mol. The summed E-state index contributed by atoms with van der Waals surface area (Å²) in [6.07, 6.45) is 1.64. The van der Waals surface area contributed by atoms with E-state index in [1.807, 2.05) is 6.92 Å². The van der Waals surface area contributed by atoms with Gasteiger partial charge in [0.15, 0.2) is 16.3 Å². The second-order valence-electron chi connectivity index (χ2n) is 9.35. The number of carbonyl (C=O) groups excluding carboxylic acids is 1. The lowest BCUT2D eigenvalue weighted by Gasteiger charge is -2.27. The van der Waals surface area contributed by atoms with Crippen molar-refractivity contribution in [2.45, 2.75) is 19.9 Å². The number of furan rings is 1. The topological polar surface area (TPSA) is 101 Å². The minimum absolute atomic E-state index is 0.0398. The fraction of sp³-hybridized carbons (Fsp3) is 0.258. The summed E-state index contributed by atoms with van der Waals surface area (Å²) in [5.41, 5.74) is 1.49. The zero-order chi connectivity index (χ0) is 30.7. The average Bonchev–Trinajstić information content (AvgIpc) is 3.56. The Bertz CT molecular complexity index is 1890. The molecule has 0 radical (unpaired) electrons. The smallest absolute Gasteiger partial charge is 0.338 e. The van der Waals surface area contributed by atoms with Gasteiger partial charge in [0.1, 0.15) is 24.2 Å². The highest BCUT2D eigenvalue weighted by molar-refractivity contribution is 7.07. The maximum Gasteiger partial charge on any atom is 0.338 e. The fourth-order valence-electron chi connectivity index (χ4n) is 4.77. The van der Waals surface area contributed by atoms with Gasteiger partial charge < -0.3 is 23.4 Å². The van der Waals surface area contributed by atoms with Gasteiger partial charge in [0.05, 0.1) is 41.1 Å². The number of ether oxygens (including phenoxy) is 4. The first kappa shape index (κ1) is 30.6. The zero-order valence-corrected chi connectivity index (χ0v) is 26.1. The summed E-state index contributed by atoms with van der Waals surface area (Å²) in [5.74, 6) is 1.23. The van der Waals surface area contributed by atoms with Crippen molar-refractivity contribution in [2.24, 2.45) is 4.99 Å². The van der Waals surface area contributed by atoms with Gasteiger partial charge in [-0.3, -0.25) is 9.36 Å². The third kappa shape index (κ3) is 6.14. The third-order valence-electron chi connectivity index (χ3n) is 6.67. The molecule has 1 aliphatic rings. The molecule has 2 aromatic carbocycles. The number of hydrogen-bond acceptors (Lipinski definition) is 9. The second-order valence-corrected chi connectivity index (χ2v) is 11.2. The average molecular weight is 644 g/mol. The number of thiazole rings is 1. The minimum Gasteiger partial charge on any atom is -0.493 e. The quantitative estimate of drug-likeness (QED) is 0.169. The van der Waals surface area contributed by atoms with Crippen molar-refractivity contribution in [3.05, 3.63) is 101 Å². The van der Waals surface area contributed by atoms with Gasteiger partial charge in [0.2, 0.25) is 0 Å². The van der Waals surface area contributed by atoms with E-state index in [1.54, 1.807) is 61.5 Å². The number of fused-ring (bicyclic) bond motifs is 1. The molecule has 0 fully saturated rings. The van der Waals surface area contributed by atoms with Crippen molar-refractivity contribution < 1.29 is 28.2 Å². The van der Waals surface area contributed by atoms with Gasteiger partial charge in [0.25, 0.3) is 5.56 Å². The summed E-state index contributed by atoms with van der Waals surface area (Å²) in [4.78, 5) is 32.6. The lowest BCUT2D eigenvalue weighted by atomic mass is 9.94. The van der Waals surface area contributed by atoms with Crippen LogP contribution in [0.15, 0.2) is 74.0 Å². The molecule has 43 heavy (non-hydrogen) atoms. The van der Waals surface area contributed by atoms with Crippen LogP contribution in [0.5, 0.6) is 11.5 Å². The van der Waals surface area contributed by atoms with Crippen molar-refractivity contribution in [2.75, 3.05) is 34.0 Å². The van der Waals surface area contributed by atoms with Gasteiger partial charge in [-0.25, -0.2) is 9.79 Å². The molecule has 0 N–H and O–H groups in total. The summed E-state index contributed by atoms with van der Waals surface area (Å²) in [7, 11) is 3.05. The van der Waals surface area contributed by atoms with E-state index in [0.717, 1.165) is 0 Å². The molecule has 0 aliphatic carbocycles. The number of carbonyl (C=O) groups is 1. The maximum atomic E-state index is 14.1. The molecule has 3 heterocycles. The van der Waals surface area contributed by atoms with E-state index in [2.05, 4.69) is 4.99 Å². The molecule has 4 aromatic rings. The van der Waals surface area contributed by atoms with Crippen LogP contribution in [0.4, 0.5) is 0 Å². The molecule has 0 saturated carbocycles. The molecule has 0 saturated heterocycles. The summed E-state index contributed by atoms with van der Waals surface area (Å²) in [6.45, 7) is 4.16. The molecule has 0 bridgehead atoms. The molecule has 5 rings (SSSR count). The lowest BCUT2D eigenvalue weighted by Crippen LogP contribution is -2.40. The number of para-hydroxylation sites is 1. The first-order valence-corrected chi connectivity index (χ1v) is 14.9. The van der Waals surface area contributed by atoms with E-state index < -0.39 is 12.0 Å². The highest BCUT2D eigenvalue weighted by atomic mass is 35.5. The summed E-state index contributed by atoms with van der Waals surface area (Å²) < 4.78 is 30.0. The summed E-state index contributed by atoms with van der Waals surface area (Å²) in [6, 6.07) is 13.1. The van der Waals surface area contributed by atoms with Crippen molar-refractivity contribution in [3.63, 3.8) is 0 Å². The fourth-order valence-corrected chi connectivity index (χ4v) is 6.30. The van der Waals surface area contributed by atoms with E-state index >= 15 is 0 Å². The Balaban J connectivity index is 1.66. The van der Waals surface area contributed by atoms with Crippen LogP contribution in [0, 0.1) is 0 Å². The standard InChI is InChI=1S/C31H28Cl2N2O7S/c1-5-40-28-21(7-6-8-24(28)39-4)27-26(30(37)41-14-13-38-3)17(2)34-31-35(27)29(36)25(43-31)16-19-10-12-23(42-19)20-11-9-18(32)15-22(20)33/h6-12,15-16,27H,5,13-14H2,1-4H3/b25-16+/t27-/m0/s1. The Morgan fingerprint density at radius 1 is 1.14 bits per heavy atom. The molecule has 0 amide bonds. The van der Waals surface area contributed by atoms with Crippen molar-refractivity contribution in [1.82, 2.24) is 4.57 Å². The van der Waals surface area contributed by atoms with Crippen LogP contribution < -0.4 is 24.4 Å². The van der Waals surface area contributed by atoms with Gasteiger partial charge in [-0.05, 0) is 50.2 Å². The summed E-state index contributed by atoms with van der Waals surface area (Å²) >= 11 is 13.6. The van der Waals surface area contributed by atoms with Crippen LogP contribution >= 0.6 is 34.5 Å². The van der Waals surface area contributed by atoms with Gasteiger partial charge in [-0.15, -0.1) is 0 Å². The molecule has 9 nitrogen and oxygen atoms in total. The zero-order valence-electron chi connectivity index (χ0n) is 23.8. The molecule has 12 heteroatoms. The first-order valence-electron chi connectivity index (χ1n) is 13.3. The number of allylic oxidation sites excluding steroid dienone is 1. The number of halogens is 2. The number of rotatable bonds is 10. The minimum atomic E-state index is -0.898. The van der Waals surface area contributed by atoms with E-state index in [0.29, 0.717) is 65.8 Å². The lowest BCUT2D eigenvalue weighted by molar-refractivity contribution is -0.140. The molecule has 0 spiro atoms. The van der Waals surface area contributed by atoms with E-state index in [1.165, 1.54) is 30.1 Å².